The van der Waals surface area contributed by atoms with E-state index < -0.39 is 0 Å². The van der Waals surface area contributed by atoms with Crippen LogP contribution in [0.2, 0.25) is 0 Å². The van der Waals surface area contributed by atoms with Gasteiger partial charge in [0.15, 0.2) is 0 Å². The van der Waals surface area contributed by atoms with Crippen LogP contribution in [0.25, 0.3) is 0 Å². The second kappa shape index (κ2) is 5.46. The molecule has 0 unspecified atom stereocenters. The number of rotatable bonds is 6. The number of hydrogen-bond acceptors (Lipinski definition) is 4. The van der Waals surface area contributed by atoms with Crippen LogP contribution in [0.3, 0.4) is 0 Å². The highest BCUT2D eigenvalue weighted by Gasteiger charge is 2.36. The Morgan fingerprint density at radius 3 is 2.83 bits per heavy atom. The molecule has 1 aromatic rings. The maximum atomic E-state index is 10.7. The molecule has 0 bridgehead atoms. The number of methoxy groups -OCH3 is 1. The zero-order valence-corrected chi connectivity index (χ0v) is 10.5. The molecule has 0 atom stereocenters. The van der Waals surface area contributed by atoms with Crippen LogP contribution in [0.1, 0.15) is 24.8 Å². The minimum Gasteiger partial charge on any atom is -0.377 e. The molecule has 18 heavy (non-hydrogen) atoms. The number of ether oxygens (including phenoxy) is 1. The predicted octanol–water partition coefficient (Wildman–Crippen LogP) is 2.25. The number of non-ortho nitro benzene ring substituents is 1. The summed E-state index contributed by atoms with van der Waals surface area (Å²) in [5.41, 5.74) is 1.05. The van der Waals surface area contributed by atoms with Gasteiger partial charge in [0.05, 0.1) is 10.5 Å². The van der Waals surface area contributed by atoms with Gasteiger partial charge in [-0.1, -0.05) is 12.1 Å². The molecule has 1 aromatic carbocycles. The lowest BCUT2D eigenvalue weighted by Gasteiger charge is -2.40. The molecule has 0 saturated heterocycles. The zero-order chi connectivity index (χ0) is 13.0. The van der Waals surface area contributed by atoms with E-state index in [0.717, 1.165) is 24.9 Å². The molecule has 0 heterocycles. The van der Waals surface area contributed by atoms with Crippen molar-refractivity contribution in [2.24, 2.45) is 0 Å². The van der Waals surface area contributed by atoms with Crippen LogP contribution in [-0.2, 0) is 11.3 Å². The first-order valence-corrected chi connectivity index (χ1v) is 6.14. The fourth-order valence-electron chi connectivity index (χ4n) is 2.24. The van der Waals surface area contributed by atoms with E-state index in [9.17, 15) is 10.1 Å². The van der Waals surface area contributed by atoms with Crippen molar-refractivity contribution in [2.45, 2.75) is 31.4 Å². The fraction of sp³-hybridized carbons (Fsp3) is 0.538. The summed E-state index contributed by atoms with van der Waals surface area (Å²) in [5.74, 6) is 0. The highest BCUT2D eigenvalue weighted by Crippen LogP contribution is 2.34. The Morgan fingerprint density at radius 2 is 2.28 bits per heavy atom. The molecule has 0 aromatic heterocycles. The van der Waals surface area contributed by atoms with Crippen molar-refractivity contribution in [1.82, 2.24) is 5.32 Å². The molecule has 1 saturated carbocycles. The van der Waals surface area contributed by atoms with Gasteiger partial charge in [-0.3, -0.25) is 10.1 Å². The third kappa shape index (κ3) is 2.86. The van der Waals surface area contributed by atoms with E-state index in [-0.39, 0.29) is 16.2 Å². The number of nitrogens with zero attached hydrogens (tertiary/aromatic N) is 1. The van der Waals surface area contributed by atoms with E-state index in [4.69, 9.17) is 4.74 Å². The number of hydrogen-bond donors (Lipinski definition) is 1. The molecule has 1 N–H and O–H groups in total. The smallest absolute Gasteiger partial charge is 0.269 e. The highest BCUT2D eigenvalue weighted by atomic mass is 16.6. The maximum Gasteiger partial charge on any atom is 0.269 e. The third-order valence-corrected chi connectivity index (χ3v) is 3.60. The molecular weight excluding hydrogens is 232 g/mol. The van der Waals surface area contributed by atoms with Crippen molar-refractivity contribution in [3.63, 3.8) is 0 Å². The SMILES string of the molecule is COC1(CNCc2cccc([N+](=O)[O-])c2)CCC1. The van der Waals surface area contributed by atoms with Crippen LogP contribution >= 0.6 is 0 Å². The lowest BCUT2D eigenvalue weighted by Crippen LogP contribution is -2.47. The van der Waals surface area contributed by atoms with Crippen molar-refractivity contribution in [3.05, 3.63) is 39.9 Å². The van der Waals surface area contributed by atoms with E-state index in [1.165, 1.54) is 12.5 Å². The Hall–Kier alpha value is -1.46. The molecule has 1 aliphatic rings. The molecule has 5 heteroatoms. The van der Waals surface area contributed by atoms with Gasteiger partial charge in [0.25, 0.3) is 5.69 Å². The average molecular weight is 250 g/mol. The average Bonchev–Trinajstić information content (AvgIpc) is 2.33. The van der Waals surface area contributed by atoms with E-state index in [0.29, 0.717) is 6.54 Å². The molecular formula is C13H18N2O3. The van der Waals surface area contributed by atoms with Crippen molar-refractivity contribution in [1.29, 1.82) is 0 Å². The number of benzene rings is 1. The van der Waals surface area contributed by atoms with Gasteiger partial charge in [0.1, 0.15) is 0 Å². The van der Waals surface area contributed by atoms with E-state index in [1.807, 2.05) is 6.07 Å². The standard InChI is InChI=1S/C13H18N2O3/c1-18-13(6-3-7-13)10-14-9-11-4-2-5-12(8-11)15(16)17/h2,4-5,8,14H,3,6-7,9-10H2,1H3. The Bertz CT molecular complexity index is 424. The monoisotopic (exact) mass is 250 g/mol. The second-order valence-corrected chi connectivity index (χ2v) is 4.77. The van der Waals surface area contributed by atoms with E-state index in [1.54, 1.807) is 19.2 Å². The lowest BCUT2D eigenvalue weighted by molar-refractivity contribution is -0.384. The molecule has 0 aliphatic heterocycles. The van der Waals surface area contributed by atoms with Gasteiger partial charge in [0, 0.05) is 32.3 Å². The summed E-state index contributed by atoms with van der Waals surface area (Å²) in [5, 5.41) is 14.0. The van der Waals surface area contributed by atoms with E-state index in [2.05, 4.69) is 5.32 Å². The first kappa shape index (κ1) is 13.0. The summed E-state index contributed by atoms with van der Waals surface area (Å²) < 4.78 is 5.50. The van der Waals surface area contributed by atoms with Crippen LogP contribution in [-0.4, -0.2) is 24.2 Å². The minimum absolute atomic E-state index is 0.0132. The molecule has 1 aliphatic carbocycles. The van der Waals surface area contributed by atoms with Crippen LogP contribution in [0.15, 0.2) is 24.3 Å². The normalized spacial score (nSPS) is 17.2. The largest absolute Gasteiger partial charge is 0.377 e. The highest BCUT2D eigenvalue weighted by molar-refractivity contribution is 5.34. The lowest BCUT2D eigenvalue weighted by atomic mass is 9.80. The molecule has 98 valence electrons. The van der Waals surface area contributed by atoms with Gasteiger partial charge in [0.2, 0.25) is 0 Å². The Kier molecular flexibility index (Phi) is 3.93. The topological polar surface area (TPSA) is 64.4 Å². The van der Waals surface area contributed by atoms with Crippen molar-refractivity contribution in [3.8, 4) is 0 Å². The summed E-state index contributed by atoms with van der Waals surface area (Å²) in [6.45, 7) is 1.43. The molecule has 0 spiro atoms. The van der Waals surface area contributed by atoms with Crippen molar-refractivity contribution >= 4 is 5.69 Å². The van der Waals surface area contributed by atoms with Crippen LogP contribution in [0, 0.1) is 10.1 Å². The summed E-state index contributed by atoms with van der Waals surface area (Å²) in [6, 6.07) is 6.71. The van der Waals surface area contributed by atoms with Crippen molar-refractivity contribution in [2.75, 3.05) is 13.7 Å². The van der Waals surface area contributed by atoms with Crippen LogP contribution in [0.4, 0.5) is 5.69 Å². The maximum absolute atomic E-state index is 10.7. The quantitative estimate of drug-likeness (QED) is 0.621. The van der Waals surface area contributed by atoms with Gasteiger partial charge in [-0.15, -0.1) is 0 Å². The molecule has 0 amide bonds. The molecule has 1 fully saturated rings. The van der Waals surface area contributed by atoms with Crippen LogP contribution in [0.5, 0.6) is 0 Å². The fourth-order valence-corrected chi connectivity index (χ4v) is 2.24. The Balaban J connectivity index is 1.86. The van der Waals surface area contributed by atoms with E-state index >= 15 is 0 Å². The first-order chi connectivity index (χ1) is 8.65. The summed E-state index contributed by atoms with van der Waals surface area (Å²) >= 11 is 0. The summed E-state index contributed by atoms with van der Waals surface area (Å²) in [4.78, 5) is 10.3. The van der Waals surface area contributed by atoms with Gasteiger partial charge in [-0.25, -0.2) is 0 Å². The van der Waals surface area contributed by atoms with Crippen LogP contribution < -0.4 is 5.32 Å². The first-order valence-electron chi connectivity index (χ1n) is 6.14. The number of nitrogens with one attached hydrogen (secondary N) is 1. The Morgan fingerprint density at radius 1 is 1.50 bits per heavy atom. The number of nitro groups is 1. The van der Waals surface area contributed by atoms with Gasteiger partial charge in [-0.05, 0) is 24.8 Å². The molecule has 0 radical (unpaired) electrons. The summed E-state index contributed by atoms with van der Waals surface area (Å²) in [6.07, 6.45) is 3.39. The number of nitro benzene ring substituents is 1. The van der Waals surface area contributed by atoms with Gasteiger partial charge in [-0.2, -0.15) is 0 Å². The zero-order valence-electron chi connectivity index (χ0n) is 10.5. The minimum atomic E-state index is -0.369. The molecule has 2 rings (SSSR count). The van der Waals surface area contributed by atoms with Crippen molar-refractivity contribution < 1.29 is 9.66 Å². The Labute approximate surface area is 106 Å². The van der Waals surface area contributed by atoms with Gasteiger partial charge < -0.3 is 10.1 Å². The summed E-state index contributed by atoms with van der Waals surface area (Å²) in [7, 11) is 1.74. The third-order valence-electron chi connectivity index (χ3n) is 3.60. The molecule has 5 nitrogen and oxygen atoms in total. The second-order valence-electron chi connectivity index (χ2n) is 4.77. The predicted molar refractivity (Wildman–Crippen MR) is 68.4 cm³/mol. The van der Waals surface area contributed by atoms with Gasteiger partial charge >= 0.3 is 0 Å².